The highest BCUT2D eigenvalue weighted by molar-refractivity contribution is 5.87. The van der Waals surface area contributed by atoms with Gasteiger partial charge in [-0.05, 0) is 108 Å². The van der Waals surface area contributed by atoms with Gasteiger partial charge in [0, 0.05) is 11.5 Å². The smallest absolute Gasteiger partial charge is 0.331 e. The lowest BCUT2D eigenvalue weighted by atomic mass is 9.48. The number of aliphatic carboxylic acids is 1. The van der Waals surface area contributed by atoms with Gasteiger partial charge in [0.15, 0.2) is 0 Å². The molecule has 1 unspecified atom stereocenters. The summed E-state index contributed by atoms with van der Waals surface area (Å²) < 4.78 is 0. The van der Waals surface area contributed by atoms with Crippen molar-refractivity contribution in [3.8, 4) is 5.75 Å². The predicted molar refractivity (Wildman–Crippen MR) is 151 cm³/mol. The molecule has 3 N–H and O–H groups in total. The minimum absolute atomic E-state index is 0.0286. The number of hydrogen-bond donors (Lipinski definition) is 3. The highest BCUT2D eigenvalue weighted by atomic mass is 16.4. The van der Waals surface area contributed by atoms with Gasteiger partial charge in [-0.3, -0.25) is 4.79 Å². The fraction of sp³-hybridized carbons (Fsp3) is 0.471. The molecule has 1 amide bonds. The second-order valence-electron chi connectivity index (χ2n) is 12.8. The maximum Gasteiger partial charge on any atom is 0.331 e. The average molecular weight is 526 g/mol. The fourth-order valence-corrected chi connectivity index (χ4v) is 8.84. The van der Waals surface area contributed by atoms with E-state index < -0.39 is 5.97 Å². The van der Waals surface area contributed by atoms with Crippen LogP contribution in [0.2, 0.25) is 0 Å². The van der Waals surface area contributed by atoms with Crippen LogP contribution in [-0.4, -0.2) is 22.1 Å². The minimum atomic E-state index is -0.790. The van der Waals surface area contributed by atoms with Crippen molar-refractivity contribution < 1.29 is 19.8 Å². The Morgan fingerprint density at radius 2 is 1.64 bits per heavy atom. The Bertz CT molecular complexity index is 1330. The maximum atomic E-state index is 14.0. The molecule has 2 aromatic carbocycles. The lowest BCUT2D eigenvalue weighted by Crippen LogP contribution is -2.51. The summed E-state index contributed by atoms with van der Waals surface area (Å²) in [7, 11) is 0. The van der Waals surface area contributed by atoms with E-state index in [1.54, 1.807) is 12.1 Å². The number of carboxylic acids is 1. The average Bonchev–Trinajstić information content (AvgIpc) is 3.29. The van der Waals surface area contributed by atoms with E-state index in [0.717, 1.165) is 49.7 Å². The van der Waals surface area contributed by atoms with Crippen LogP contribution in [0.15, 0.2) is 77.9 Å². The number of benzene rings is 2. The molecule has 0 aliphatic heterocycles. The van der Waals surface area contributed by atoms with Gasteiger partial charge in [0.05, 0.1) is 6.04 Å². The van der Waals surface area contributed by atoms with Gasteiger partial charge in [0.1, 0.15) is 5.75 Å². The van der Waals surface area contributed by atoms with Gasteiger partial charge in [0.25, 0.3) is 0 Å². The summed E-state index contributed by atoms with van der Waals surface area (Å²) in [6, 6.07) is 16.9. The van der Waals surface area contributed by atoms with E-state index in [4.69, 9.17) is 0 Å². The van der Waals surface area contributed by atoms with Gasteiger partial charge in [-0.2, -0.15) is 0 Å². The van der Waals surface area contributed by atoms with Crippen LogP contribution in [0.5, 0.6) is 5.75 Å². The first-order valence-electron chi connectivity index (χ1n) is 14.5. The molecule has 6 rings (SSSR count). The van der Waals surface area contributed by atoms with Crippen molar-refractivity contribution >= 4 is 11.9 Å². The zero-order valence-corrected chi connectivity index (χ0v) is 22.9. The predicted octanol–water partition coefficient (Wildman–Crippen LogP) is 6.80. The number of nitrogens with one attached hydrogen (secondary N) is 1. The second-order valence-corrected chi connectivity index (χ2v) is 12.8. The van der Waals surface area contributed by atoms with Crippen molar-refractivity contribution in [2.24, 2.45) is 34.5 Å². The van der Waals surface area contributed by atoms with Crippen molar-refractivity contribution in [1.82, 2.24) is 5.32 Å². The maximum absolute atomic E-state index is 14.0. The number of aromatic hydroxyl groups is 1. The topological polar surface area (TPSA) is 86.6 Å². The Hall–Kier alpha value is -3.34. The second kappa shape index (κ2) is 9.69. The number of amides is 1. The van der Waals surface area contributed by atoms with E-state index in [1.807, 2.05) is 48.5 Å². The summed E-state index contributed by atoms with van der Waals surface area (Å²) in [5.41, 5.74) is 3.74. The van der Waals surface area contributed by atoms with Gasteiger partial charge in [0.2, 0.25) is 5.91 Å². The molecule has 4 aliphatic rings. The van der Waals surface area contributed by atoms with E-state index in [0.29, 0.717) is 29.7 Å². The first-order chi connectivity index (χ1) is 18.7. The Morgan fingerprint density at radius 1 is 0.923 bits per heavy atom. The Morgan fingerprint density at radius 3 is 2.36 bits per heavy atom. The molecule has 2 aromatic rings. The molecule has 7 atom stereocenters. The molecule has 5 nitrogen and oxygen atoms in total. The highest BCUT2D eigenvalue weighted by Crippen LogP contribution is 2.66. The van der Waals surface area contributed by atoms with Crippen LogP contribution >= 0.6 is 0 Å². The first-order valence-corrected chi connectivity index (χ1v) is 14.5. The van der Waals surface area contributed by atoms with E-state index in [2.05, 4.69) is 25.2 Å². The molecular formula is C34H39NO4. The quantitative estimate of drug-likeness (QED) is 0.401. The molecule has 204 valence electrons. The Kier molecular flexibility index (Phi) is 6.44. The lowest BCUT2D eigenvalue weighted by molar-refractivity contribution is -0.133. The fourth-order valence-electron chi connectivity index (χ4n) is 8.84. The normalized spacial score (nSPS) is 34.0. The van der Waals surface area contributed by atoms with Gasteiger partial charge in [-0.15, -0.1) is 0 Å². The number of carbonyl (C=O) groups is 2. The Balaban J connectivity index is 1.25. The van der Waals surface area contributed by atoms with Crippen LogP contribution in [0.4, 0.5) is 0 Å². The van der Waals surface area contributed by atoms with Crippen molar-refractivity contribution in [3.63, 3.8) is 0 Å². The molecule has 39 heavy (non-hydrogen) atoms. The lowest BCUT2D eigenvalue weighted by Gasteiger charge is -2.57. The first kappa shape index (κ1) is 25.9. The molecular weight excluding hydrogens is 486 g/mol. The summed E-state index contributed by atoms with van der Waals surface area (Å²) in [6.45, 7) is 4.71. The zero-order valence-electron chi connectivity index (χ0n) is 22.9. The minimum Gasteiger partial charge on any atom is -0.508 e. The summed E-state index contributed by atoms with van der Waals surface area (Å²) in [5.74, 6) is 1.10. The molecule has 2 saturated carbocycles. The van der Waals surface area contributed by atoms with E-state index in [9.17, 15) is 19.8 Å². The SMILES string of the molecule is C[C@]12CC[C@H]3[C@@H](CC=C4C=C(C(=O)O)CC[C@@]43C)[C@@H]1CC[C@@H]2C(=O)NC(c1ccccc1)c1ccc(O)cc1. The molecule has 0 radical (unpaired) electrons. The highest BCUT2D eigenvalue weighted by Gasteiger charge is 2.59. The molecule has 2 fully saturated rings. The van der Waals surface area contributed by atoms with Crippen LogP contribution in [0.25, 0.3) is 0 Å². The summed E-state index contributed by atoms with van der Waals surface area (Å²) in [6.07, 6.45) is 10.9. The number of phenolic OH excluding ortho intramolecular Hbond substituents is 1. The van der Waals surface area contributed by atoms with Crippen LogP contribution in [0.1, 0.15) is 76.0 Å². The van der Waals surface area contributed by atoms with Crippen molar-refractivity contribution in [3.05, 3.63) is 89.0 Å². The number of fused-ring (bicyclic) bond motifs is 5. The monoisotopic (exact) mass is 525 g/mol. The third kappa shape index (κ3) is 4.31. The number of hydrogen-bond acceptors (Lipinski definition) is 3. The van der Waals surface area contributed by atoms with Crippen molar-refractivity contribution in [2.75, 3.05) is 0 Å². The molecule has 5 heteroatoms. The van der Waals surface area contributed by atoms with Gasteiger partial charge >= 0.3 is 5.97 Å². The van der Waals surface area contributed by atoms with Crippen LogP contribution in [0, 0.1) is 34.5 Å². The van der Waals surface area contributed by atoms with Crippen LogP contribution in [-0.2, 0) is 9.59 Å². The molecule has 0 spiro atoms. The van der Waals surface area contributed by atoms with Gasteiger partial charge in [-0.1, -0.05) is 62.4 Å². The van der Waals surface area contributed by atoms with Gasteiger partial charge in [-0.25, -0.2) is 4.79 Å². The summed E-state index contributed by atoms with van der Waals surface area (Å²) in [5, 5.41) is 22.8. The molecule has 4 aliphatic carbocycles. The molecule has 0 aromatic heterocycles. The van der Waals surface area contributed by atoms with Crippen LogP contribution < -0.4 is 5.32 Å². The number of rotatable bonds is 5. The van der Waals surface area contributed by atoms with E-state index in [1.165, 1.54) is 5.57 Å². The third-order valence-electron chi connectivity index (χ3n) is 11.0. The summed E-state index contributed by atoms with van der Waals surface area (Å²) >= 11 is 0. The number of carboxylic acid groups (broad SMARTS) is 1. The molecule has 0 saturated heterocycles. The van der Waals surface area contributed by atoms with Crippen molar-refractivity contribution in [1.29, 1.82) is 0 Å². The van der Waals surface area contributed by atoms with E-state index in [-0.39, 0.29) is 34.4 Å². The number of allylic oxidation sites excluding steroid dienone is 3. The standard InChI is InChI=1S/C34H39NO4/c1-33-18-16-23(32(38)39)20-24(33)10-13-26-27-14-15-29(34(27,2)19-17-28(26)33)31(37)35-30(21-6-4-3-5-7-21)22-8-11-25(36)12-9-22/h3-12,20,26-30,36H,13-19H2,1-2H3,(H,35,37)(H,38,39)/t26-,27-,28-,29+,30?,33-,34-/m0/s1. The summed E-state index contributed by atoms with van der Waals surface area (Å²) in [4.78, 5) is 25.7. The van der Waals surface area contributed by atoms with Crippen LogP contribution in [0.3, 0.4) is 0 Å². The third-order valence-corrected chi connectivity index (χ3v) is 11.0. The zero-order chi connectivity index (χ0) is 27.4. The van der Waals surface area contributed by atoms with Gasteiger partial charge < -0.3 is 15.5 Å². The number of phenols is 1. The molecule has 0 heterocycles. The largest absolute Gasteiger partial charge is 0.508 e. The van der Waals surface area contributed by atoms with E-state index >= 15 is 0 Å². The van der Waals surface area contributed by atoms with Crippen molar-refractivity contribution in [2.45, 2.75) is 64.8 Å². The number of carbonyl (C=O) groups excluding carboxylic acids is 1. The Labute approximate surface area is 231 Å². The molecule has 0 bridgehead atoms.